The summed E-state index contributed by atoms with van der Waals surface area (Å²) in [6.45, 7) is 1.86. The van der Waals surface area contributed by atoms with Crippen LogP contribution in [0.4, 0.5) is 13.2 Å². The summed E-state index contributed by atoms with van der Waals surface area (Å²) < 4.78 is 62.2. The Balaban J connectivity index is 2.92. The zero-order valence-corrected chi connectivity index (χ0v) is 10.7. The number of rotatable bonds is 5. The first-order valence-corrected chi connectivity index (χ1v) is 7.08. The summed E-state index contributed by atoms with van der Waals surface area (Å²) in [4.78, 5) is 10.8. The first-order chi connectivity index (χ1) is 8.59. The van der Waals surface area contributed by atoms with Crippen molar-refractivity contribution in [2.45, 2.75) is 12.6 Å². The van der Waals surface area contributed by atoms with E-state index in [1.165, 1.54) is 6.08 Å². The average molecular weight is 301 g/mol. The number of aliphatic carboxylic acids is 1. The fourth-order valence-corrected chi connectivity index (χ4v) is 3.44. The fraction of sp³-hybridized carbons (Fsp3) is 0.700. The van der Waals surface area contributed by atoms with Crippen LogP contribution in [-0.2, 0) is 14.8 Å². The zero-order chi connectivity index (χ0) is 14.8. The van der Waals surface area contributed by atoms with Crippen molar-refractivity contribution in [1.82, 2.24) is 4.31 Å². The van der Waals surface area contributed by atoms with E-state index in [1.54, 1.807) is 0 Å². The second-order valence-electron chi connectivity index (χ2n) is 4.30. The third-order valence-electron chi connectivity index (χ3n) is 3.00. The predicted molar refractivity (Wildman–Crippen MR) is 60.8 cm³/mol. The summed E-state index contributed by atoms with van der Waals surface area (Å²) in [7, 11) is -3.88. The average Bonchev–Trinajstić information content (AvgIpc) is 2.71. The van der Waals surface area contributed by atoms with Crippen LogP contribution in [0.25, 0.3) is 0 Å². The van der Waals surface area contributed by atoms with Gasteiger partial charge in [0, 0.05) is 13.1 Å². The minimum absolute atomic E-state index is 0.104. The van der Waals surface area contributed by atoms with Gasteiger partial charge in [-0.05, 0) is 6.42 Å². The van der Waals surface area contributed by atoms with E-state index in [0.717, 1.165) is 0 Å². The number of carboxylic acids is 1. The van der Waals surface area contributed by atoms with Crippen molar-refractivity contribution in [2.75, 3.05) is 18.8 Å². The molecule has 0 bridgehead atoms. The van der Waals surface area contributed by atoms with Crippen LogP contribution in [0, 0.1) is 11.8 Å². The standard InChI is InChI=1S/C10H14F3NO4S/c1-2-3-4-19(17,18)14-5-7(9(15)16)8(6-14)10(11,12)13/h2,7-8H,1,3-6H2,(H,15,16)/t7-,8-/m1/s1. The highest BCUT2D eigenvalue weighted by molar-refractivity contribution is 7.89. The molecule has 1 rings (SSSR count). The molecule has 9 heteroatoms. The molecule has 1 aliphatic heterocycles. The Kier molecular flexibility index (Phi) is 4.62. The van der Waals surface area contributed by atoms with E-state index in [1.807, 2.05) is 0 Å². The van der Waals surface area contributed by atoms with Crippen LogP contribution < -0.4 is 0 Å². The third-order valence-corrected chi connectivity index (χ3v) is 4.83. The number of nitrogens with zero attached hydrogens (tertiary/aromatic N) is 1. The lowest BCUT2D eigenvalue weighted by molar-refractivity contribution is -0.187. The predicted octanol–water partition coefficient (Wildman–Crippen LogP) is 1.09. The van der Waals surface area contributed by atoms with Crippen molar-refractivity contribution in [2.24, 2.45) is 11.8 Å². The number of carboxylic acid groups (broad SMARTS) is 1. The van der Waals surface area contributed by atoms with Gasteiger partial charge >= 0.3 is 12.1 Å². The molecule has 0 saturated carbocycles. The topological polar surface area (TPSA) is 74.7 Å². The first-order valence-electron chi connectivity index (χ1n) is 5.48. The van der Waals surface area contributed by atoms with Crippen molar-refractivity contribution >= 4 is 16.0 Å². The van der Waals surface area contributed by atoms with E-state index >= 15 is 0 Å². The third kappa shape index (κ3) is 3.69. The van der Waals surface area contributed by atoms with Gasteiger partial charge in [0.15, 0.2) is 0 Å². The molecule has 1 fully saturated rings. The summed E-state index contributed by atoms with van der Waals surface area (Å²) in [5.41, 5.74) is 0. The van der Waals surface area contributed by atoms with Crippen LogP contribution in [0.15, 0.2) is 12.7 Å². The van der Waals surface area contributed by atoms with Crippen molar-refractivity contribution < 1.29 is 31.5 Å². The summed E-state index contributed by atoms with van der Waals surface area (Å²) >= 11 is 0. The number of carbonyl (C=O) groups is 1. The van der Waals surface area contributed by atoms with Crippen LogP contribution in [0.2, 0.25) is 0 Å². The molecule has 1 saturated heterocycles. The fourth-order valence-electron chi connectivity index (χ4n) is 1.94. The molecule has 2 atom stereocenters. The van der Waals surface area contributed by atoms with Gasteiger partial charge in [0.1, 0.15) is 0 Å². The Morgan fingerprint density at radius 2 is 2.00 bits per heavy atom. The molecule has 110 valence electrons. The molecule has 1 aliphatic rings. The molecule has 1 heterocycles. The van der Waals surface area contributed by atoms with Gasteiger partial charge in [-0.25, -0.2) is 12.7 Å². The van der Waals surface area contributed by atoms with Gasteiger partial charge in [0.05, 0.1) is 17.6 Å². The Morgan fingerprint density at radius 3 is 2.37 bits per heavy atom. The van der Waals surface area contributed by atoms with Gasteiger partial charge in [-0.1, -0.05) is 6.08 Å². The monoisotopic (exact) mass is 301 g/mol. The van der Waals surface area contributed by atoms with E-state index in [9.17, 15) is 26.4 Å². The number of allylic oxidation sites excluding steroid dienone is 1. The smallest absolute Gasteiger partial charge is 0.393 e. The molecule has 0 radical (unpaired) electrons. The van der Waals surface area contributed by atoms with Crippen molar-refractivity contribution in [3.05, 3.63) is 12.7 Å². The van der Waals surface area contributed by atoms with Gasteiger partial charge in [-0.2, -0.15) is 13.2 Å². The van der Waals surface area contributed by atoms with E-state index in [-0.39, 0.29) is 12.2 Å². The number of alkyl halides is 3. The van der Waals surface area contributed by atoms with Crippen molar-refractivity contribution in [1.29, 1.82) is 0 Å². The minimum atomic E-state index is -4.73. The van der Waals surface area contributed by atoms with Gasteiger partial charge < -0.3 is 5.11 Å². The lowest BCUT2D eigenvalue weighted by Crippen LogP contribution is -2.34. The second kappa shape index (κ2) is 5.49. The maximum atomic E-state index is 12.7. The first kappa shape index (κ1) is 16.0. The van der Waals surface area contributed by atoms with Gasteiger partial charge in [0.25, 0.3) is 0 Å². The van der Waals surface area contributed by atoms with Crippen LogP contribution in [0.3, 0.4) is 0 Å². The number of hydrogen-bond donors (Lipinski definition) is 1. The second-order valence-corrected chi connectivity index (χ2v) is 6.39. The van der Waals surface area contributed by atoms with E-state index < -0.39 is 47.1 Å². The Morgan fingerprint density at radius 1 is 1.42 bits per heavy atom. The summed E-state index contributed by atoms with van der Waals surface area (Å²) in [6.07, 6.45) is -3.29. The quantitative estimate of drug-likeness (QED) is 0.771. The van der Waals surface area contributed by atoms with Crippen LogP contribution in [0.5, 0.6) is 0 Å². The molecule has 0 aromatic rings. The summed E-state index contributed by atoms with van der Waals surface area (Å²) in [5.74, 6) is -5.92. The van der Waals surface area contributed by atoms with Gasteiger partial charge in [0.2, 0.25) is 10.0 Å². The molecule has 0 aliphatic carbocycles. The van der Waals surface area contributed by atoms with E-state index in [2.05, 4.69) is 6.58 Å². The highest BCUT2D eigenvalue weighted by Crippen LogP contribution is 2.38. The Hall–Kier alpha value is -1.09. The Bertz CT molecular complexity index is 460. The van der Waals surface area contributed by atoms with Crippen molar-refractivity contribution in [3.8, 4) is 0 Å². The van der Waals surface area contributed by atoms with E-state index in [0.29, 0.717) is 4.31 Å². The molecular weight excluding hydrogens is 287 g/mol. The largest absolute Gasteiger partial charge is 0.481 e. The maximum absolute atomic E-state index is 12.7. The lowest BCUT2D eigenvalue weighted by Gasteiger charge is -2.18. The molecule has 0 aromatic carbocycles. The van der Waals surface area contributed by atoms with Crippen molar-refractivity contribution in [3.63, 3.8) is 0 Å². The summed E-state index contributed by atoms with van der Waals surface area (Å²) in [5, 5.41) is 8.77. The number of hydrogen-bond acceptors (Lipinski definition) is 3. The van der Waals surface area contributed by atoms with Crippen LogP contribution >= 0.6 is 0 Å². The molecule has 0 spiro atoms. The number of sulfonamides is 1. The van der Waals surface area contributed by atoms with Gasteiger partial charge in [-0.15, -0.1) is 6.58 Å². The molecule has 0 amide bonds. The molecule has 0 unspecified atom stereocenters. The SMILES string of the molecule is C=CCCS(=O)(=O)N1C[C@@H](C(F)(F)F)[C@H](C(=O)O)C1. The highest BCUT2D eigenvalue weighted by Gasteiger charge is 2.54. The molecule has 19 heavy (non-hydrogen) atoms. The lowest BCUT2D eigenvalue weighted by atomic mass is 9.96. The minimum Gasteiger partial charge on any atom is -0.481 e. The maximum Gasteiger partial charge on any atom is 0.393 e. The normalized spacial score (nSPS) is 25.4. The Labute approximate surface area is 108 Å². The zero-order valence-electron chi connectivity index (χ0n) is 9.93. The molecular formula is C10H14F3NO4S. The van der Waals surface area contributed by atoms with E-state index in [4.69, 9.17) is 5.11 Å². The number of halogens is 3. The molecule has 1 N–H and O–H groups in total. The van der Waals surface area contributed by atoms with Crippen LogP contribution in [-0.4, -0.2) is 48.8 Å². The molecule has 0 aromatic heterocycles. The highest BCUT2D eigenvalue weighted by atomic mass is 32.2. The molecule has 5 nitrogen and oxygen atoms in total. The van der Waals surface area contributed by atoms with Gasteiger partial charge in [-0.3, -0.25) is 4.79 Å². The summed E-state index contributed by atoms with van der Waals surface area (Å²) in [6, 6.07) is 0. The van der Waals surface area contributed by atoms with Crippen LogP contribution in [0.1, 0.15) is 6.42 Å².